The molecule has 1 aliphatic rings. The highest BCUT2D eigenvalue weighted by molar-refractivity contribution is 7.14. The SMILES string of the molecule is Cn1cc(C#N)c(NC(=O)c2cc3c(s2)CCCC3)n1. The molecule has 3 rings (SSSR count). The van der Waals surface area contributed by atoms with Crippen molar-refractivity contribution in [3.8, 4) is 6.07 Å². The van der Waals surface area contributed by atoms with Gasteiger partial charge in [-0.2, -0.15) is 10.4 Å². The number of fused-ring (bicyclic) bond motifs is 1. The number of nitrogens with one attached hydrogen (secondary N) is 1. The fourth-order valence-electron chi connectivity index (χ4n) is 2.43. The van der Waals surface area contributed by atoms with E-state index in [0.717, 1.165) is 12.8 Å². The molecule has 1 aliphatic carbocycles. The summed E-state index contributed by atoms with van der Waals surface area (Å²) in [5.41, 5.74) is 1.68. The largest absolute Gasteiger partial charge is 0.303 e. The molecular weight excluding hydrogens is 272 g/mol. The van der Waals surface area contributed by atoms with Crippen LogP contribution in [0.15, 0.2) is 12.3 Å². The highest BCUT2D eigenvalue weighted by Crippen LogP contribution is 2.30. The van der Waals surface area contributed by atoms with Crippen LogP contribution in [0, 0.1) is 11.3 Å². The lowest BCUT2D eigenvalue weighted by atomic mass is 9.99. The molecule has 20 heavy (non-hydrogen) atoms. The molecule has 0 saturated heterocycles. The van der Waals surface area contributed by atoms with Gasteiger partial charge in [-0.3, -0.25) is 9.48 Å². The van der Waals surface area contributed by atoms with Crippen molar-refractivity contribution in [3.63, 3.8) is 0 Å². The molecule has 2 heterocycles. The summed E-state index contributed by atoms with van der Waals surface area (Å²) in [5.74, 6) is 0.144. The van der Waals surface area contributed by atoms with E-state index in [-0.39, 0.29) is 5.91 Å². The van der Waals surface area contributed by atoms with Crippen molar-refractivity contribution < 1.29 is 4.79 Å². The number of thiophene rings is 1. The van der Waals surface area contributed by atoms with Crippen molar-refractivity contribution in [2.24, 2.45) is 7.05 Å². The van der Waals surface area contributed by atoms with Gasteiger partial charge in [0, 0.05) is 18.1 Å². The fraction of sp³-hybridized carbons (Fsp3) is 0.357. The van der Waals surface area contributed by atoms with Crippen LogP contribution in [0.3, 0.4) is 0 Å². The van der Waals surface area contributed by atoms with Crippen molar-refractivity contribution in [2.75, 3.05) is 5.32 Å². The first-order valence-electron chi connectivity index (χ1n) is 6.54. The summed E-state index contributed by atoms with van der Waals surface area (Å²) in [5, 5.41) is 15.8. The molecule has 0 unspecified atom stereocenters. The molecule has 0 fully saturated rings. The Morgan fingerprint density at radius 2 is 2.30 bits per heavy atom. The molecular formula is C14H14N4OS. The van der Waals surface area contributed by atoms with Crippen molar-refractivity contribution in [1.82, 2.24) is 9.78 Å². The molecule has 0 aromatic carbocycles. The van der Waals surface area contributed by atoms with Crippen LogP contribution in [-0.2, 0) is 19.9 Å². The van der Waals surface area contributed by atoms with Gasteiger partial charge < -0.3 is 5.32 Å². The Hall–Kier alpha value is -2.13. The van der Waals surface area contributed by atoms with Crippen molar-refractivity contribution >= 4 is 23.1 Å². The van der Waals surface area contributed by atoms with Gasteiger partial charge in [0.2, 0.25) is 0 Å². The van der Waals surface area contributed by atoms with Crippen LogP contribution in [0.2, 0.25) is 0 Å². The average molecular weight is 286 g/mol. The van der Waals surface area contributed by atoms with Gasteiger partial charge in [-0.05, 0) is 37.3 Å². The minimum atomic E-state index is -0.181. The molecule has 0 bridgehead atoms. The molecule has 0 saturated carbocycles. The predicted molar refractivity (Wildman–Crippen MR) is 76.8 cm³/mol. The summed E-state index contributed by atoms with van der Waals surface area (Å²) in [6, 6.07) is 4.00. The predicted octanol–water partition coefficient (Wildman–Crippen LogP) is 2.48. The highest BCUT2D eigenvalue weighted by atomic mass is 32.1. The van der Waals surface area contributed by atoms with Crippen molar-refractivity contribution in [3.05, 3.63) is 33.1 Å². The summed E-state index contributed by atoms with van der Waals surface area (Å²) < 4.78 is 1.52. The first kappa shape index (κ1) is 12.9. The number of hydrogen-bond donors (Lipinski definition) is 1. The maximum Gasteiger partial charge on any atom is 0.266 e. The second-order valence-corrected chi connectivity index (χ2v) is 6.03. The summed E-state index contributed by atoms with van der Waals surface area (Å²) in [6.07, 6.45) is 6.12. The number of amides is 1. The zero-order valence-corrected chi connectivity index (χ0v) is 12.0. The first-order valence-corrected chi connectivity index (χ1v) is 7.35. The van der Waals surface area contributed by atoms with Crippen LogP contribution in [0.1, 0.15) is 38.5 Å². The molecule has 1 N–H and O–H groups in total. The Labute approximate surface area is 120 Å². The third-order valence-electron chi connectivity index (χ3n) is 3.40. The zero-order chi connectivity index (χ0) is 14.1. The normalized spacial score (nSPS) is 13.6. The maximum absolute atomic E-state index is 12.2. The minimum Gasteiger partial charge on any atom is -0.303 e. The Morgan fingerprint density at radius 1 is 1.50 bits per heavy atom. The standard InChI is InChI=1S/C14H14N4OS/c1-18-8-10(7-15)13(17-18)16-14(19)12-6-9-4-2-3-5-11(9)20-12/h6,8H,2-5H2,1H3,(H,16,17,19). The Bertz CT molecular complexity index is 684. The van der Waals surface area contributed by atoms with Gasteiger partial charge in [0.1, 0.15) is 11.6 Å². The van der Waals surface area contributed by atoms with E-state index >= 15 is 0 Å². The van der Waals surface area contributed by atoms with E-state index in [1.807, 2.05) is 12.1 Å². The number of anilines is 1. The van der Waals surface area contributed by atoms with Crippen LogP contribution in [-0.4, -0.2) is 15.7 Å². The van der Waals surface area contributed by atoms with Crippen LogP contribution < -0.4 is 5.32 Å². The van der Waals surface area contributed by atoms with E-state index in [1.54, 1.807) is 24.6 Å². The zero-order valence-electron chi connectivity index (χ0n) is 11.1. The summed E-state index contributed by atoms with van der Waals surface area (Å²) >= 11 is 1.55. The fourth-order valence-corrected chi connectivity index (χ4v) is 3.58. The van der Waals surface area contributed by atoms with Gasteiger partial charge in [0.05, 0.1) is 4.88 Å². The Balaban J connectivity index is 1.82. The van der Waals surface area contributed by atoms with E-state index in [9.17, 15) is 4.79 Å². The van der Waals surface area contributed by atoms with Gasteiger partial charge in [0.25, 0.3) is 5.91 Å². The molecule has 0 atom stereocenters. The average Bonchev–Trinajstić information content (AvgIpc) is 3.01. The number of carbonyl (C=O) groups is 1. The van der Waals surface area contributed by atoms with E-state index in [1.165, 1.54) is 28.0 Å². The first-order chi connectivity index (χ1) is 9.67. The number of hydrogen-bond acceptors (Lipinski definition) is 4. The number of carbonyl (C=O) groups excluding carboxylic acids is 1. The van der Waals surface area contributed by atoms with E-state index in [4.69, 9.17) is 5.26 Å². The number of aromatic nitrogens is 2. The van der Waals surface area contributed by atoms with Crippen LogP contribution in [0.25, 0.3) is 0 Å². The molecule has 0 radical (unpaired) electrons. The van der Waals surface area contributed by atoms with E-state index < -0.39 is 0 Å². The number of aryl methyl sites for hydroxylation is 3. The monoisotopic (exact) mass is 286 g/mol. The summed E-state index contributed by atoms with van der Waals surface area (Å²) in [7, 11) is 1.72. The second kappa shape index (κ2) is 5.10. The lowest BCUT2D eigenvalue weighted by Crippen LogP contribution is -2.11. The third-order valence-corrected chi connectivity index (χ3v) is 4.64. The van der Waals surface area contributed by atoms with Crippen molar-refractivity contribution in [2.45, 2.75) is 25.7 Å². The van der Waals surface area contributed by atoms with Gasteiger partial charge in [-0.1, -0.05) is 0 Å². The van der Waals surface area contributed by atoms with Gasteiger partial charge in [-0.25, -0.2) is 0 Å². The van der Waals surface area contributed by atoms with Gasteiger partial charge >= 0.3 is 0 Å². The van der Waals surface area contributed by atoms with E-state index in [2.05, 4.69) is 10.4 Å². The Morgan fingerprint density at radius 3 is 3.05 bits per heavy atom. The Kier molecular flexibility index (Phi) is 3.28. The van der Waals surface area contributed by atoms with Crippen LogP contribution >= 0.6 is 11.3 Å². The number of nitriles is 1. The van der Waals surface area contributed by atoms with Crippen LogP contribution in [0.4, 0.5) is 5.82 Å². The molecule has 5 nitrogen and oxygen atoms in total. The molecule has 2 aromatic rings. The van der Waals surface area contributed by atoms with Gasteiger partial charge in [-0.15, -0.1) is 11.3 Å². The number of rotatable bonds is 2. The molecule has 6 heteroatoms. The molecule has 1 amide bonds. The topological polar surface area (TPSA) is 70.7 Å². The van der Waals surface area contributed by atoms with E-state index in [0.29, 0.717) is 16.3 Å². The highest BCUT2D eigenvalue weighted by Gasteiger charge is 2.19. The molecule has 2 aromatic heterocycles. The molecule has 0 spiro atoms. The summed E-state index contributed by atoms with van der Waals surface area (Å²) in [4.78, 5) is 14.3. The molecule has 102 valence electrons. The third kappa shape index (κ3) is 2.32. The van der Waals surface area contributed by atoms with Gasteiger partial charge in [0.15, 0.2) is 5.82 Å². The van der Waals surface area contributed by atoms with Crippen molar-refractivity contribution in [1.29, 1.82) is 5.26 Å². The lowest BCUT2D eigenvalue weighted by Gasteiger charge is -2.08. The smallest absolute Gasteiger partial charge is 0.266 e. The summed E-state index contributed by atoms with van der Waals surface area (Å²) in [6.45, 7) is 0. The maximum atomic E-state index is 12.2. The second-order valence-electron chi connectivity index (χ2n) is 4.90. The molecule has 0 aliphatic heterocycles. The number of nitrogens with zero attached hydrogens (tertiary/aromatic N) is 3. The minimum absolute atomic E-state index is 0.181. The van der Waals surface area contributed by atoms with Crippen LogP contribution in [0.5, 0.6) is 0 Å². The lowest BCUT2D eigenvalue weighted by molar-refractivity contribution is 0.103. The quantitative estimate of drug-likeness (QED) is 0.922.